The minimum Gasteiger partial charge on any atom is -0.378 e. The molecule has 1 aliphatic rings. The highest BCUT2D eigenvalue weighted by molar-refractivity contribution is 7.10. The van der Waals surface area contributed by atoms with Crippen molar-refractivity contribution in [1.82, 2.24) is 5.43 Å². The van der Waals surface area contributed by atoms with Crippen molar-refractivity contribution in [2.75, 3.05) is 6.61 Å². The Morgan fingerprint density at radius 2 is 2.35 bits per heavy atom. The number of hydrogen-bond donors (Lipinski definition) is 2. The molecule has 1 heterocycles. The van der Waals surface area contributed by atoms with Gasteiger partial charge in [-0.15, -0.1) is 11.3 Å². The van der Waals surface area contributed by atoms with Gasteiger partial charge in [0.05, 0.1) is 6.10 Å². The first-order valence-electron chi connectivity index (χ1n) is 6.36. The van der Waals surface area contributed by atoms with Crippen molar-refractivity contribution in [2.24, 2.45) is 11.8 Å². The summed E-state index contributed by atoms with van der Waals surface area (Å²) in [6, 6.07) is 2.48. The lowest BCUT2D eigenvalue weighted by molar-refractivity contribution is -0.0291. The Morgan fingerprint density at radius 3 is 2.88 bits per heavy atom. The second kappa shape index (κ2) is 5.96. The Balaban J connectivity index is 1.84. The predicted molar refractivity (Wildman–Crippen MR) is 71.9 cm³/mol. The van der Waals surface area contributed by atoms with E-state index in [0.29, 0.717) is 12.1 Å². The average molecular weight is 254 g/mol. The number of nitrogens with two attached hydrogens (primary N) is 1. The largest absolute Gasteiger partial charge is 0.378 e. The quantitative estimate of drug-likeness (QED) is 0.606. The van der Waals surface area contributed by atoms with Crippen LogP contribution in [0.3, 0.4) is 0 Å². The number of hydrazine groups is 1. The molecule has 4 heteroatoms. The molecule has 0 aromatic carbocycles. The summed E-state index contributed by atoms with van der Waals surface area (Å²) in [6.07, 6.45) is 3.99. The lowest BCUT2D eigenvalue weighted by Crippen LogP contribution is -2.36. The molecule has 0 bridgehead atoms. The molecule has 3 N–H and O–H groups in total. The fourth-order valence-electron chi connectivity index (χ4n) is 2.61. The van der Waals surface area contributed by atoms with E-state index in [4.69, 9.17) is 10.6 Å². The Kier molecular flexibility index (Phi) is 4.56. The summed E-state index contributed by atoms with van der Waals surface area (Å²) < 4.78 is 5.59. The third-order valence-corrected chi connectivity index (χ3v) is 4.50. The van der Waals surface area contributed by atoms with E-state index in [1.165, 1.54) is 23.3 Å². The van der Waals surface area contributed by atoms with Crippen LogP contribution >= 0.6 is 11.3 Å². The molecule has 0 saturated heterocycles. The van der Waals surface area contributed by atoms with Crippen molar-refractivity contribution in [3.63, 3.8) is 0 Å². The van der Waals surface area contributed by atoms with E-state index in [1.54, 1.807) is 11.3 Å². The normalized spacial score (nSPS) is 25.6. The number of thiophene rings is 1. The molecule has 1 saturated carbocycles. The average Bonchev–Trinajstić information content (AvgIpc) is 2.68. The molecular formula is C13H22N2OS. The molecule has 17 heavy (non-hydrogen) atoms. The zero-order valence-corrected chi connectivity index (χ0v) is 11.4. The highest BCUT2D eigenvalue weighted by atomic mass is 32.1. The Hall–Kier alpha value is -0.420. The number of hydrogen-bond acceptors (Lipinski definition) is 4. The van der Waals surface area contributed by atoms with E-state index < -0.39 is 0 Å². The van der Waals surface area contributed by atoms with E-state index in [0.717, 1.165) is 18.9 Å². The standard InChI is InChI=1S/C13H22N2OS/c1-3-16-11-6-10(7-11)8-13(15-14)12-4-5-17-9(12)2/h4-5,10-11,13,15H,3,6-8,14H2,1-2H3. The number of rotatable bonds is 6. The van der Waals surface area contributed by atoms with Crippen LogP contribution in [0.2, 0.25) is 0 Å². The van der Waals surface area contributed by atoms with Gasteiger partial charge in [-0.2, -0.15) is 0 Å². The van der Waals surface area contributed by atoms with Crippen LogP contribution in [0, 0.1) is 12.8 Å². The zero-order valence-electron chi connectivity index (χ0n) is 10.6. The first-order valence-corrected chi connectivity index (χ1v) is 7.24. The van der Waals surface area contributed by atoms with E-state index >= 15 is 0 Å². The molecule has 2 rings (SSSR count). The smallest absolute Gasteiger partial charge is 0.0580 e. The molecule has 3 nitrogen and oxygen atoms in total. The van der Waals surface area contributed by atoms with Gasteiger partial charge in [-0.05, 0) is 56.0 Å². The maximum absolute atomic E-state index is 5.68. The molecular weight excluding hydrogens is 232 g/mol. The SMILES string of the molecule is CCOC1CC(CC(NN)c2ccsc2C)C1. The van der Waals surface area contributed by atoms with Gasteiger partial charge in [0.1, 0.15) is 0 Å². The highest BCUT2D eigenvalue weighted by Gasteiger charge is 2.31. The van der Waals surface area contributed by atoms with Crippen LogP contribution in [0.25, 0.3) is 0 Å². The van der Waals surface area contributed by atoms with Crippen LogP contribution in [0.1, 0.15) is 42.7 Å². The first kappa shape index (κ1) is 13.0. The zero-order chi connectivity index (χ0) is 12.3. The maximum Gasteiger partial charge on any atom is 0.0580 e. The molecule has 0 radical (unpaired) electrons. The Morgan fingerprint density at radius 1 is 1.59 bits per heavy atom. The summed E-state index contributed by atoms with van der Waals surface area (Å²) in [5.74, 6) is 6.43. The lowest BCUT2D eigenvalue weighted by atomic mass is 9.77. The molecule has 1 unspecified atom stereocenters. The summed E-state index contributed by atoms with van der Waals surface area (Å²) in [5.41, 5.74) is 4.32. The molecule has 1 aromatic rings. The molecule has 0 aliphatic heterocycles. The van der Waals surface area contributed by atoms with Gasteiger partial charge in [-0.25, -0.2) is 0 Å². The number of nitrogens with one attached hydrogen (secondary N) is 1. The monoisotopic (exact) mass is 254 g/mol. The topological polar surface area (TPSA) is 47.3 Å². The van der Waals surface area contributed by atoms with Crippen molar-refractivity contribution in [1.29, 1.82) is 0 Å². The minimum absolute atomic E-state index is 0.300. The molecule has 0 amide bonds. The maximum atomic E-state index is 5.68. The first-order chi connectivity index (χ1) is 8.24. The summed E-state index contributed by atoms with van der Waals surface area (Å²) in [5, 5.41) is 2.14. The third kappa shape index (κ3) is 3.07. The van der Waals surface area contributed by atoms with Gasteiger partial charge in [0.15, 0.2) is 0 Å². The molecule has 1 aromatic heterocycles. The van der Waals surface area contributed by atoms with Crippen LogP contribution in [0.5, 0.6) is 0 Å². The second-order valence-electron chi connectivity index (χ2n) is 4.80. The summed E-state index contributed by atoms with van der Waals surface area (Å²) in [4.78, 5) is 1.37. The molecule has 1 atom stereocenters. The highest BCUT2D eigenvalue weighted by Crippen LogP contribution is 2.37. The Labute approximate surface area is 107 Å². The Bertz CT molecular complexity index is 347. The van der Waals surface area contributed by atoms with Crippen molar-refractivity contribution in [3.05, 3.63) is 21.9 Å². The van der Waals surface area contributed by atoms with Crippen molar-refractivity contribution < 1.29 is 4.74 Å². The van der Waals surface area contributed by atoms with Gasteiger partial charge >= 0.3 is 0 Å². The van der Waals surface area contributed by atoms with E-state index in [9.17, 15) is 0 Å². The van der Waals surface area contributed by atoms with Gasteiger partial charge in [0, 0.05) is 17.5 Å². The van der Waals surface area contributed by atoms with Crippen LogP contribution in [0.4, 0.5) is 0 Å². The van der Waals surface area contributed by atoms with E-state index in [-0.39, 0.29) is 0 Å². The lowest BCUT2D eigenvalue weighted by Gasteiger charge is -2.37. The van der Waals surface area contributed by atoms with Crippen LogP contribution < -0.4 is 11.3 Å². The van der Waals surface area contributed by atoms with Gasteiger partial charge < -0.3 is 4.74 Å². The van der Waals surface area contributed by atoms with Crippen molar-refractivity contribution >= 4 is 11.3 Å². The van der Waals surface area contributed by atoms with E-state index in [2.05, 4.69) is 30.7 Å². The third-order valence-electron chi connectivity index (χ3n) is 3.64. The van der Waals surface area contributed by atoms with Gasteiger partial charge in [0.25, 0.3) is 0 Å². The van der Waals surface area contributed by atoms with Crippen LogP contribution in [-0.4, -0.2) is 12.7 Å². The summed E-state index contributed by atoms with van der Waals surface area (Å²) in [7, 11) is 0. The number of ether oxygens (including phenoxy) is 1. The van der Waals surface area contributed by atoms with Gasteiger partial charge in [0.2, 0.25) is 0 Å². The second-order valence-corrected chi connectivity index (χ2v) is 5.92. The van der Waals surface area contributed by atoms with Gasteiger partial charge in [-0.1, -0.05) is 0 Å². The molecule has 0 spiro atoms. The predicted octanol–water partition coefficient (Wildman–Crippen LogP) is 2.77. The summed E-state index contributed by atoms with van der Waals surface area (Å²) >= 11 is 1.79. The molecule has 1 fully saturated rings. The molecule has 1 aliphatic carbocycles. The van der Waals surface area contributed by atoms with Crippen molar-refractivity contribution in [3.8, 4) is 0 Å². The number of aryl methyl sites for hydroxylation is 1. The van der Waals surface area contributed by atoms with Gasteiger partial charge in [-0.3, -0.25) is 11.3 Å². The van der Waals surface area contributed by atoms with Crippen molar-refractivity contribution in [2.45, 2.75) is 45.3 Å². The summed E-state index contributed by atoms with van der Waals surface area (Å²) in [6.45, 7) is 5.06. The fraction of sp³-hybridized carbons (Fsp3) is 0.692. The minimum atomic E-state index is 0.300. The van der Waals surface area contributed by atoms with Crippen LogP contribution in [-0.2, 0) is 4.74 Å². The molecule has 96 valence electrons. The van der Waals surface area contributed by atoms with E-state index in [1.807, 2.05) is 0 Å². The fourth-order valence-corrected chi connectivity index (χ4v) is 3.38. The van der Waals surface area contributed by atoms with Crippen LogP contribution in [0.15, 0.2) is 11.4 Å².